The molecule has 29 heavy (non-hydrogen) atoms. The molecule has 3 unspecified atom stereocenters. The Labute approximate surface area is 175 Å². The molecule has 3 aromatic rings. The molecule has 1 aromatic heterocycles. The summed E-state index contributed by atoms with van der Waals surface area (Å²) in [7, 11) is 0. The molecule has 2 aliphatic rings. The monoisotopic (exact) mass is 410 g/mol. The normalized spacial score (nSPS) is 24.9. The molecule has 0 bridgehead atoms. The minimum atomic E-state index is -0.218. The van der Waals surface area contributed by atoms with E-state index in [4.69, 9.17) is 4.74 Å². The summed E-state index contributed by atoms with van der Waals surface area (Å²) < 4.78 is 20.6. The maximum absolute atomic E-state index is 13.4. The summed E-state index contributed by atoms with van der Waals surface area (Å²) in [6, 6.07) is 14.4. The Bertz CT molecular complexity index is 1000. The molecule has 2 aromatic carbocycles. The van der Waals surface area contributed by atoms with Crippen molar-refractivity contribution in [2.75, 3.05) is 6.54 Å². The first-order valence-corrected chi connectivity index (χ1v) is 11.5. The summed E-state index contributed by atoms with van der Waals surface area (Å²) >= 11 is 1.52. The lowest BCUT2D eigenvalue weighted by Crippen LogP contribution is -2.42. The summed E-state index contributed by atoms with van der Waals surface area (Å²) in [5, 5.41) is 0.914. The third-order valence-electron chi connectivity index (χ3n) is 6.50. The molecule has 2 fully saturated rings. The Kier molecular flexibility index (Phi) is 5.04. The average Bonchev–Trinajstić information content (AvgIpc) is 3.32. The van der Waals surface area contributed by atoms with Crippen LogP contribution in [0.5, 0.6) is 5.75 Å². The second kappa shape index (κ2) is 7.69. The number of nitrogens with zero attached hydrogens (tertiary/aromatic N) is 2. The Morgan fingerprint density at radius 1 is 1.10 bits per heavy atom. The standard InChI is InChI=1S/C24H27FN2OS/c1-15(2)27-12-11-17-13-20(8-10-22(17)27)28-19-6-3-16(4-7-19)24-26-21-9-5-18(25)14-23(21)29-24/h3-7,9,14-15,17,20,22H,8,10-13H2,1-2H3. The molecule has 1 aliphatic carbocycles. The molecule has 5 heteroatoms. The fourth-order valence-corrected chi connectivity index (χ4v) is 6.07. The minimum Gasteiger partial charge on any atom is -0.490 e. The van der Waals surface area contributed by atoms with Crippen molar-refractivity contribution in [2.24, 2.45) is 5.92 Å². The number of likely N-dealkylation sites (tertiary alicyclic amines) is 1. The highest BCUT2D eigenvalue weighted by atomic mass is 32.1. The van der Waals surface area contributed by atoms with Gasteiger partial charge in [-0.1, -0.05) is 0 Å². The summed E-state index contributed by atoms with van der Waals surface area (Å²) in [5.41, 5.74) is 1.89. The number of hydrogen-bond donors (Lipinski definition) is 0. The van der Waals surface area contributed by atoms with Gasteiger partial charge in [0.25, 0.3) is 0 Å². The molecule has 1 saturated carbocycles. The van der Waals surface area contributed by atoms with Crippen molar-refractivity contribution < 1.29 is 9.13 Å². The molecule has 2 heterocycles. The maximum atomic E-state index is 13.4. The van der Waals surface area contributed by atoms with E-state index in [9.17, 15) is 4.39 Å². The van der Waals surface area contributed by atoms with E-state index in [0.29, 0.717) is 12.1 Å². The zero-order valence-electron chi connectivity index (χ0n) is 17.0. The fraction of sp³-hybridized carbons (Fsp3) is 0.458. The summed E-state index contributed by atoms with van der Waals surface area (Å²) in [6.07, 6.45) is 5.17. The van der Waals surface area contributed by atoms with Crippen molar-refractivity contribution in [2.45, 2.75) is 57.7 Å². The summed E-state index contributed by atoms with van der Waals surface area (Å²) in [6.45, 7) is 5.86. The first-order valence-electron chi connectivity index (χ1n) is 10.7. The largest absolute Gasteiger partial charge is 0.490 e. The van der Waals surface area contributed by atoms with Gasteiger partial charge in [-0.3, -0.25) is 4.90 Å². The van der Waals surface area contributed by atoms with E-state index in [0.717, 1.165) is 44.9 Å². The third-order valence-corrected chi connectivity index (χ3v) is 7.56. The summed E-state index contributed by atoms with van der Waals surface area (Å²) in [4.78, 5) is 7.31. The summed E-state index contributed by atoms with van der Waals surface area (Å²) in [5.74, 6) is 1.49. The second-order valence-corrected chi connectivity index (χ2v) is 9.69. The van der Waals surface area contributed by atoms with Crippen molar-refractivity contribution in [3.05, 3.63) is 48.3 Å². The maximum Gasteiger partial charge on any atom is 0.124 e. The smallest absolute Gasteiger partial charge is 0.124 e. The molecule has 0 radical (unpaired) electrons. The second-order valence-electron chi connectivity index (χ2n) is 8.66. The quantitative estimate of drug-likeness (QED) is 0.517. The van der Waals surface area contributed by atoms with Gasteiger partial charge in [-0.05, 0) is 94.5 Å². The zero-order chi connectivity index (χ0) is 20.0. The highest BCUT2D eigenvalue weighted by Crippen LogP contribution is 2.39. The molecule has 5 rings (SSSR count). The van der Waals surface area contributed by atoms with Crippen LogP contribution in [0.3, 0.4) is 0 Å². The Balaban J connectivity index is 1.25. The van der Waals surface area contributed by atoms with Gasteiger partial charge in [-0.25, -0.2) is 9.37 Å². The number of fused-ring (bicyclic) bond motifs is 2. The first kappa shape index (κ1) is 19.0. The van der Waals surface area contributed by atoms with Crippen LogP contribution >= 0.6 is 11.3 Å². The van der Waals surface area contributed by atoms with Gasteiger partial charge < -0.3 is 4.74 Å². The van der Waals surface area contributed by atoms with Gasteiger partial charge in [0.05, 0.1) is 16.3 Å². The van der Waals surface area contributed by atoms with E-state index in [1.165, 1.54) is 43.2 Å². The minimum absolute atomic E-state index is 0.218. The van der Waals surface area contributed by atoms with E-state index < -0.39 is 0 Å². The lowest BCUT2D eigenvalue weighted by atomic mass is 9.83. The predicted molar refractivity (Wildman–Crippen MR) is 117 cm³/mol. The van der Waals surface area contributed by atoms with Crippen LogP contribution in [0.1, 0.15) is 39.5 Å². The Hall–Kier alpha value is -1.98. The van der Waals surface area contributed by atoms with Gasteiger partial charge in [-0.2, -0.15) is 0 Å². The highest BCUT2D eigenvalue weighted by molar-refractivity contribution is 7.21. The third kappa shape index (κ3) is 3.78. The predicted octanol–water partition coefficient (Wildman–Crippen LogP) is 6.13. The van der Waals surface area contributed by atoms with Crippen LogP contribution in [-0.2, 0) is 0 Å². The Morgan fingerprint density at radius 2 is 1.93 bits per heavy atom. The number of ether oxygens (including phenoxy) is 1. The van der Waals surface area contributed by atoms with Gasteiger partial charge in [-0.15, -0.1) is 11.3 Å². The fourth-order valence-electron chi connectivity index (χ4n) is 5.07. The van der Waals surface area contributed by atoms with Gasteiger partial charge in [0.1, 0.15) is 16.6 Å². The number of hydrogen-bond acceptors (Lipinski definition) is 4. The lowest BCUT2D eigenvalue weighted by Gasteiger charge is -2.37. The molecule has 3 atom stereocenters. The van der Waals surface area contributed by atoms with Crippen LogP contribution in [-0.4, -0.2) is 34.6 Å². The van der Waals surface area contributed by atoms with Gasteiger partial charge in [0.15, 0.2) is 0 Å². The van der Waals surface area contributed by atoms with Crippen LogP contribution in [0.25, 0.3) is 20.8 Å². The van der Waals surface area contributed by atoms with E-state index in [1.807, 2.05) is 12.1 Å². The van der Waals surface area contributed by atoms with Crippen LogP contribution < -0.4 is 4.74 Å². The van der Waals surface area contributed by atoms with Crippen molar-refractivity contribution in [1.82, 2.24) is 9.88 Å². The van der Waals surface area contributed by atoms with Crippen LogP contribution in [0.4, 0.5) is 4.39 Å². The number of aromatic nitrogens is 1. The van der Waals surface area contributed by atoms with E-state index in [-0.39, 0.29) is 5.82 Å². The van der Waals surface area contributed by atoms with Gasteiger partial charge >= 0.3 is 0 Å². The molecular weight excluding hydrogens is 383 g/mol. The molecule has 3 nitrogen and oxygen atoms in total. The highest BCUT2D eigenvalue weighted by Gasteiger charge is 2.40. The average molecular weight is 411 g/mol. The van der Waals surface area contributed by atoms with Crippen molar-refractivity contribution in [1.29, 1.82) is 0 Å². The Morgan fingerprint density at radius 3 is 2.72 bits per heavy atom. The van der Waals surface area contributed by atoms with Crippen LogP contribution in [0.15, 0.2) is 42.5 Å². The number of rotatable bonds is 4. The van der Waals surface area contributed by atoms with Crippen molar-refractivity contribution >= 4 is 21.6 Å². The van der Waals surface area contributed by atoms with Gasteiger partial charge in [0.2, 0.25) is 0 Å². The van der Waals surface area contributed by atoms with Crippen molar-refractivity contribution in [3.63, 3.8) is 0 Å². The molecule has 152 valence electrons. The van der Waals surface area contributed by atoms with Crippen molar-refractivity contribution in [3.8, 4) is 16.3 Å². The molecule has 0 N–H and O–H groups in total. The van der Waals surface area contributed by atoms with Crippen LogP contribution in [0, 0.1) is 11.7 Å². The molecule has 1 saturated heterocycles. The topological polar surface area (TPSA) is 25.4 Å². The van der Waals surface area contributed by atoms with Crippen LogP contribution in [0.2, 0.25) is 0 Å². The van der Waals surface area contributed by atoms with E-state index in [2.05, 4.69) is 35.9 Å². The number of benzene rings is 2. The van der Waals surface area contributed by atoms with E-state index >= 15 is 0 Å². The molecule has 1 aliphatic heterocycles. The number of halogens is 1. The molecule has 0 spiro atoms. The lowest BCUT2D eigenvalue weighted by molar-refractivity contribution is 0.0752. The molecular formula is C24H27FN2OS. The number of thiazole rings is 1. The van der Waals surface area contributed by atoms with Gasteiger partial charge in [0, 0.05) is 17.6 Å². The van der Waals surface area contributed by atoms with E-state index in [1.54, 1.807) is 12.1 Å². The first-order chi connectivity index (χ1) is 14.1. The zero-order valence-corrected chi connectivity index (χ0v) is 17.8. The SMILES string of the molecule is CC(C)N1CCC2CC(Oc3ccc(-c4nc5ccc(F)cc5s4)cc3)CCC21. The molecule has 0 amide bonds.